The van der Waals surface area contributed by atoms with Gasteiger partial charge in [0.05, 0.1) is 5.69 Å². The van der Waals surface area contributed by atoms with Gasteiger partial charge in [-0.3, -0.25) is 4.68 Å². The molecular weight excluding hydrogens is 238 g/mol. The largest absolute Gasteiger partial charge is 0.385 e. The number of hydrogen-bond donors (Lipinski definition) is 0. The van der Waals surface area contributed by atoms with Crippen molar-refractivity contribution >= 4 is 0 Å². The summed E-state index contributed by atoms with van der Waals surface area (Å²) in [6, 6.07) is 0. The Morgan fingerprint density at radius 2 is 1.95 bits per heavy atom. The molecule has 0 amide bonds. The third-order valence-electron chi connectivity index (χ3n) is 2.79. The van der Waals surface area contributed by atoms with Crippen LogP contribution in [0.3, 0.4) is 0 Å². The third kappa shape index (κ3) is 9.65. The first-order valence-electron chi connectivity index (χ1n) is 7.60. The van der Waals surface area contributed by atoms with Crippen molar-refractivity contribution in [2.75, 3.05) is 13.7 Å². The number of unbranched alkanes of at least 4 members (excludes halogenated alkanes) is 1. The molecule has 1 rings (SSSR count). The van der Waals surface area contributed by atoms with E-state index in [0.29, 0.717) is 0 Å². The summed E-state index contributed by atoms with van der Waals surface area (Å²) in [5, 5.41) is 8.33. The van der Waals surface area contributed by atoms with Crippen LogP contribution < -0.4 is 0 Å². The first kappa shape index (κ1) is 18.1. The Kier molecular flexibility index (Phi) is 11.6. The molecule has 4 heteroatoms. The summed E-state index contributed by atoms with van der Waals surface area (Å²) in [7, 11) is 1.74. The van der Waals surface area contributed by atoms with Gasteiger partial charge in [0.15, 0.2) is 0 Å². The summed E-state index contributed by atoms with van der Waals surface area (Å²) >= 11 is 0. The number of hydrogen-bond acceptors (Lipinski definition) is 3. The normalized spacial score (nSPS) is 10.4. The standard InChI is InChI=1S/C13H25N3O.C2H6/c1-12(2)7-6-9-16-11-13(14-15-16)8-4-5-10-17-3;1-2/h11-12H,4-10H2,1-3H3;1-2H3. The highest BCUT2D eigenvalue weighted by Gasteiger charge is 2.01. The van der Waals surface area contributed by atoms with Crippen molar-refractivity contribution in [3.05, 3.63) is 11.9 Å². The van der Waals surface area contributed by atoms with E-state index in [1.165, 1.54) is 12.8 Å². The average Bonchev–Trinajstić information content (AvgIpc) is 2.85. The van der Waals surface area contributed by atoms with Gasteiger partial charge in [0.1, 0.15) is 0 Å². The molecule has 19 heavy (non-hydrogen) atoms. The van der Waals surface area contributed by atoms with Crippen LogP contribution in [0.5, 0.6) is 0 Å². The van der Waals surface area contributed by atoms with Gasteiger partial charge in [-0.25, -0.2) is 0 Å². The highest BCUT2D eigenvalue weighted by Crippen LogP contribution is 2.06. The third-order valence-corrected chi connectivity index (χ3v) is 2.79. The van der Waals surface area contributed by atoms with Gasteiger partial charge in [-0.05, 0) is 38.0 Å². The van der Waals surface area contributed by atoms with Gasteiger partial charge in [-0.2, -0.15) is 0 Å². The Bertz CT molecular complexity index is 297. The molecular formula is C15H31N3O. The maximum Gasteiger partial charge on any atom is 0.0827 e. The number of aromatic nitrogens is 3. The zero-order valence-corrected chi connectivity index (χ0v) is 13.4. The van der Waals surface area contributed by atoms with Crippen LogP contribution in [0.15, 0.2) is 6.20 Å². The zero-order valence-electron chi connectivity index (χ0n) is 13.4. The van der Waals surface area contributed by atoms with Gasteiger partial charge < -0.3 is 4.74 Å². The fourth-order valence-electron chi connectivity index (χ4n) is 1.78. The van der Waals surface area contributed by atoms with Crippen LogP contribution in [-0.2, 0) is 17.7 Å². The van der Waals surface area contributed by atoms with Crippen LogP contribution in [0.25, 0.3) is 0 Å². The SMILES string of the molecule is CC.COCCCCc1cn(CCCC(C)C)nn1. The Hall–Kier alpha value is -0.900. The summed E-state index contributed by atoms with van der Waals surface area (Å²) in [6.45, 7) is 10.3. The van der Waals surface area contributed by atoms with Crippen LogP contribution in [0.2, 0.25) is 0 Å². The summed E-state index contributed by atoms with van der Waals surface area (Å²) in [5.74, 6) is 0.770. The fourth-order valence-corrected chi connectivity index (χ4v) is 1.78. The van der Waals surface area contributed by atoms with E-state index in [-0.39, 0.29) is 0 Å². The van der Waals surface area contributed by atoms with Crippen molar-refractivity contribution in [3.63, 3.8) is 0 Å². The van der Waals surface area contributed by atoms with Crippen molar-refractivity contribution in [2.45, 2.75) is 66.3 Å². The topological polar surface area (TPSA) is 39.9 Å². The molecule has 0 spiro atoms. The second kappa shape index (κ2) is 12.2. The lowest BCUT2D eigenvalue weighted by Crippen LogP contribution is -2.00. The molecule has 0 atom stereocenters. The molecule has 0 aliphatic heterocycles. The van der Waals surface area contributed by atoms with Crippen molar-refractivity contribution < 1.29 is 4.74 Å². The minimum absolute atomic E-state index is 0.770. The lowest BCUT2D eigenvalue weighted by molar-refractivity contribution is 0.193. The van der Waals surface area contributed by atoms with Crippen LogP contribution in [0, 0.1) is 5.92 Å². The Labute approximate surface area is 118 Å². The average molecular weight is 269 g/mol. The molecule has 1 heterocycles. The minimum atomic E-state index is 0.770. The second-order valence-corrected chi connectivity index (χ2v) is 4.96. The second-order valence-electron chi connectivity index (χ2n) is 4.96. The van der Waals surface area contributed by atoms with Gasteiger partial charge in [0, 0.05) is 26.5 Å². The molecule has 112 valence electrons. The molecule has 0 N–H and O–H groups in total. The van der Waals surface area contributed by atoms with Crippen LogP contribution in [0.4, 0.5) is 0 Å². The molecule has 1 aromatic rings. The van der Waals surface area contributed by atoms with Gasteiger partial charge in [0.25, 0.3) is 0 Å². The summed E-state index contributed by atoms with van der Waals surface area (Å²) in [6.07, 6.45) is 7.74. The molecule has 4 nitrogen and oxygen atoms in total. The molecule has 0 aromatic carbocycles. The van der Waals surface area contributed by atoms with E-state index in [1.807, 2.05) is 18.5 Å². The number of ether oxygens (including phenoxy) is 1. The quantitative estimate of drug-likeness (QED) is 0.642. The monoisotopic (exact) mass is 269 g/mol. The fraction of sp³-hybridized carbons (Fsp3) is 0.867. The number of methoxy groups -OCH3 is 1. The van der Waals surface area contributed by atoms with Gasteiger partial charge in [-0.1, -0.05) is 32.9 Å². The first-order valence-corrected chi connectivity index (χ1v) is 7.60. The van der Waals surface area contributed by atoms with Crippen molar-refractivity contribution in [2.24, 2.45) is 5.92 Å². The van der Waals surface area contributed by atoms with Gasteiger partial charge >= 0.3 is 0 Å². The van der Waals surface area contributed by atoms with Crippen LogP contribution in [0.1, 0.15) is 59.1 Å². The lowest BCUT2D eigenvalue weighted by Gasteiger charge is -2.03. The summed E-state index contributed by atoms with van der Waals surface area (Å²) in [4.78, 5) is 0. The Morgan fingerprint density at radius 1 is 1.21 bits per heavy atom. The summed E-state index contributed by atoms with van der Waals surface area (Å²) < 4.78 is 6.99. The molecule has 0 aliphatic carbocycles. The van der Waals surface area contributed by atoms with Crippen LogP contribution >= 0.6 is 0 Å². The number of nitrogens with zero attached hydrogens (tertiary/aromatic N) is 3. The van der Waals surface area contributed by atoms with E-state index in [1.54, 1.807) is 7.11 Å². The van der Waals surface area contributed by atoms with E-state index in [2.05, 4.69) is 30.4 Å². The molecule has 0 unspecified atom stereocenters. The lowest BCUT2D eigenvalue weighted by atomic mass is 10.1. The maximum atomic E-state index is 5.02. The van der Waals surface area contributed by atoms with Crippen LogP contribution in [-0.4, -0.2) is 28.7 Å². The van der Waals surface area contributed by atoms with Gasteiger partial charge in [-0.15, -0.1) is 5.10 Å². The molecule has 1 aromatic heterocycles. The highest BCUT2D eigenvalue weighted by molar-refractivity contribution is 4.92. The highest BCUT2D eigenvalue weighted by atomic mass is 16.5. The van der Waals surface area contributed by atoms with E-state index in [9.17, 15) is 0 Å². The van der Waals surface area contributed by atoms with E-state index in [4.69, 9.17) is 4.74 Å². The predicted octanol–water partition coefficient (Wildman–Crippen LogP) is 3.71. The van der Waals surface area contributed by atoms with E-state index >= 15 is 0 Å². The van der Waals surface area contributed by atoms with E-state index in [0.717, 1.165) is 44.0 Å². The number of rotatable bonds is 9. The van der Waals surface area contributed by atoms with Crippen molar-refractivity contribution in [1.82, 2.24) is 15.0 Å². The van der Waals surface area contributed by atoms with Crippen molar-refractivity contribution in [3.8, 4) is 0 Å². The van der Waals surface area contributed by atoms with E-state index < -0.39 is 0 Å². The Morgan fingerprint density at radius 3 is 2.58 bits per heavy atom. The number of aryl methyl sites for hydroxylation is 2. The minimum Gasteiger partial charge on any atom is -0.385 e. The predicted molar refractivity (Wildman–Crippen MR) is 80.3 cm³/mol. The molecule has 0 radical (unpaired) electrons. The molecule has 0 fully saturated rings. The summed E-state index contributed by atoms with van der Waals surface area (Å²) in [5.41, 5.74) is 1.10. The molecule has 0 aliphatic rings. The smallest absolute Gasteiger partial charge is 0.0827 e. The van der Waals surface area contributed by atoms with Gasteiger partial charge in [0.2, 0.25) is 0 Å². The molecule has 0 bridgehead atoms. The molecule has 0 saturated heterocycles. The zero-order chi connectivity index (χ0) is 14.5. The molecule has 0 saturated carbocycles. The maximum absolute atomic E-state index is 5.02. The Balaban J connectivity index is 0.00000154. The first-order chi connectivity index (χ1) is 9.22. The van der Waals surface area contributed by atoms with Crippen molar-refractivity contribution in [1.29, 1.82) is 0 Å².